The Morgan fingerprint density at radius 1 is 1.00 bits per heavy atom. The summed E-state index contributed by atoms with van der Waals surface area (Å²) in [7, 11) is 0. The van der Waals surface area contributed by atoms with E-state index < -0.39 is 5.41 Å². The van der Waals surface area contributed by atoms with E-state index in [1.54, 1.807) is 6.92 Å². The van der Waals surface area contributed by atoms with Crippen LogP contribution in [0.4, 0.5) is 0 Å². The van der Waals surface area contributed by atoms with E-state index in [1.807, 2.05) is 0 Å². The molecule has 0 aromatic rings. The fraction of sp³-hybridized carbons (Fsp3) is 0.969. The van der Waals surface area contributed by atoms with Gasteiger partial charge in [-0.15, -0.1) is 0 Å². The van der Waals surface area contributed by atoms with Crippen molar-refractivity contribution in [2.75, 3.05) is 13.2 Å². The highest BCUT2D eigenvalue weighted by molar-refractivity contribution is 5.83. The Labute approximate surface area is 220 Å². The van der Waals surface area contributed by atoms with E-state index in [4.69, 9.17) is 0 Å². The lowest BCUT2D eigenvalue weighted by molar-refractivity contribution is -0.144. The molecule has 206 valence electrons. The van der Waals surface area contributed by atoms with Crippen molar-refractivity contribution in [3.63, 3.8) is 0 Å². The minimum atomic E-state index is -1.10. The lowest BCUT2D eigenvalue weighted by Crippen LogP contribution is -2.62. The third-order valence-electron chi connectivity index (χ3n) is 13.4. The quantitative estimate of drug-likeness (QED) is 0.353. The number of fused-ring (bicyclic) bond motifs is 4. The fourth-order valence-corrected chi connectivity index (χ4v) is 11.1. The van der Waals surface area contributed by atoms with Crippen molar-refractivity contribution in [3.8, 4) is 0 Å². The first-order valence-electron chi connectivity index (χ1n) is 15.5. The molecule has 1 amide bonds. The Morgan fingerprint density at radius 3 is 2.36 bits per heavy atom. The maximum Gasteiger partial charge on any atom is 0.230 e. The summed E-state index contributed by atoms with van der Waals surface area (Å²) >= 11 is 0. The van der Waals surface area contributed by atoms with Crippen LogP contribution in [0.15, 0.2) is 0 Å². The number of aliphatic hydroxyl groups excluding tert-OH is 2. The van der Waals surface area contributed by atoms with Gasteiger partial charge in [-0.25, -0.2) is 0 Å². The second-order valence-corrected chi connectivity index (χ2v) is 15.4. The molecule has 5 rings (SSSR count). The molecule has 5 aliphatic rings. The van der Waals surface area contributed by atoms with Crippen molar-refractivity contribution in [1.29, 1.82) is 0 Å². The molecule has 0 radical (unpaired) electrons. The molecule has 5 saturated carbocycles. The van der Waals surface area contributed by atoms with E-state index in [-0.39, 0.29) is 30.6 Å². The standard InChI is InChI=1S/C32H55NO3/c1-20(2)8-7-9-21(3)24-10-11-25-23-16-27(33-28(36)29(4,18-34)19-35)32-17-22(32)12-15-31(32,6)26(23)13-14-30(24,25)5/h20-27,34-35H,7-19H2,1-6H3,(H,33,36)/t21-,22?,23?,24-,25?,26?,27+,30-,31-,32?/m1/s1. The fourth-order valence-electron chi connectivity index (χ4n) is 11.1. The van der Waals surface area contributed by atoms with Gasteiger partial charge in [-0.3, -0.25) is 4.79 Å². The average molecular weight is 502 g/mol. The summed E-state index contributed by atoms with van der Waals surface area (Å²) in [5.74, 6) is 5.35. The topological polar surface area (TPSA) is 69.6 Å². The molecule has 4 heteroatoms. The van der Waals surface area contributed by atoms with Crippen LogP contribution in [0, 0.1) is 63.1 Å². The Bertz CT molecular complexity index is 837. The average Bonchev–Trinajstić information content (AvgIpc) is 3.35. The summed E-state index contributed by atoms with van der Waals surface area (Å²) in [5, 5.41) is 23.3. The van der Waals surface area contributed by atoms with E-state index in [1.165, 1.54) is 64.2 Å². The molecule has 1 spiro atoms. The molecule has 36 heavy (non-hydrogen) atoms. The van der Waals surface area contributed by atoms with Gasteiger partial charge < -0.3 is 15.5 Å². The number of aliphatic hydroxyl groups is 2. The second kappa shape index (κ2) is 9.25. The van der Waals surface area contributed by atoms with Gasteiger partial charge in [-0.05, 0) is 116 Å². The Hall–Kier alpha value is -0.610. The van der Waals surface area contributed by atoms with Crippen LogP contribution in [0.25, 0.3) is 0 Å². The molecule has 5 unspecified atom stereocenters. The van der Waals surface area contributed by atoms with Gasteiger partial charge in [0.2, 0.25) is 5.91 Å². The van der Waals surface area contributed by atoms with Crippen LogP contribution in [0.2, 0.25) is 0 Å². The first kappa shape index (κ1) is 27.0. The van der Waals surface area contributed by atoms with Crippen LogP contribution < -0.4 is 5.32 Å². The van der Waals surface area contributed by atoms with Crippen molar-refractivity contribution in [1.82, 2.24) is 5.32 Å². The van der Waals surface area contributed by atoms with E-state index >= 15 is 0 Å². The summed E-state index contributed by atoms with van der Waals surface area (Å²) in [5.41, 5.74) is -0.0703. The summed E-state index contributed by atoms with van der Waals surface area (Å²) in [6.45, 7) is 13.6. The maximum absolute atomic E-state index is 13.4. The third kappa shape index (κ3) is 3.77. The monoisotopic (exact) mass is 501 g/mol. The molecule has 0 aliphatic heterocycles. The molecule has 0 aromatic carbocycles. The molecule has 5 fully saturated rings. The minimum Gasteiger partial charge on any atom is -0.395 e. The van der Waals surface area contributed by atoms with Crippen molar-refractivity contribution in [2.45, 2.75) is 118 Å². The second-order valence-electron chi connectivity index (χ2n) is 15.4. The third-order valence-corrected chi connectivity index (χ3v) is 13.4. The van der Waals surface area contributed by atoms with Crippen LogP contribution in [0.3, 0.4) is 0 Å². The van der Waals surface area contributed by atoms with Crippen molar-refractivity contribution in [2.24, 2.45) is 63.1 Å². The van der Waals surface area contributed by atoms with Crippen LogP contribution in [0.1, 0.15) is 112 Å². The van der Waals surface area contributed by atoms with E-state index in [0.717, 1.165) is 41.9 Å². The number of rotatable bonds is 9. The first-order chi connectivity index (χ1) is 17.0. The van der Waals surface area contributed by atoms with Crippen molar-refractivity contribution >= 4 is 5.91 Å². The normalized spacial score (nSPS) is 46.0. The number of carbonyl (C=O) groups is 1. The highest BCUT2D eigenvalue weighted by Gasteiger charge is 2.77. The molecule has 0 saturated heterocycles. The molecule has 3 N–H and O–H groups in total. The lowest BCUT2D eigenvalue weighted by Gasteiger charge is -2.61. The van der Waals surface area contributed by atoms with Gasteiger partial charge in [0.15, 0.2) is 0 Å². The maximum atomic E-state index is 13.4. The Kier molecular flexibility index (Phi) is 6.93. The summed E-state index contributed by atoms with van der Waals surface area (Å²) < 4.78 is 0. The van der Waals surface area contributed by atoms with E-state index in [2.05, 4.69) is 39.9 Å². The highest BCUT2D eigenvalue weighted by atomic mass is 16.3. The predicted molar refractivity (Wildman–Crippen MR) is 145 cm³/mol. The van der Waals surface area contributed by atoms with Crippen LogP contribution in [0.5, 0.6) is 0 Å². The Balaban J connectivity index is 1.38. The molecule has 0 heterocycles. The van der Waals surface area contributed by atoms with E-state index in [0.29, 0.717) is 16.7 Å². The van der Waals surface area contributed by atoms with Gasteiger partial charge in [-0.1, -0.05) is 53.9 Å². The van der Waals surface area contributed by atoms with Crippen molar-refractivity contribution in [3.05, 3.63) is 0 Å². The van der Waals surface area contributed by atoms with E-state index in [9.17, 15) is 15.0 Å². The number of carbonyl (C=O) groups excluding carboxylic acids is 1. The molecule has 4 nitrogen and oxygen atoms in total. The molecule has 5 aliphatic carbocycles. The summed E-state index contributed by atoms with van der Waals surface area (Å²) in [6.07, 6.45) is 14.7. The highest BCUT2D eigenvalue weighted by Crippen LogP contribution is 2.81. The largest absolute Gasteiger partial charge is 0.395 e. The van der Waals surface area contributed by atoms with Gasteiger partial charge in [-0.2, -0.15) is 0 Å². The first-order valence-corrected chi connectivity index (χ1v) is 15.5. The molecular formula is C32H55NO3. The zero-order valence-electron chi connectivity index (χ0n) is 24.1. The number of hydrogen-bond acceptors (Lipinski definition) is 3. The van der Waals surface area contributed by atoms with Gasteiger partial charge >= 0.3 is 0 Å². The lowest BCUT2D eigenvalue weighted by atomic mass is 9.44. The number of nitrogens with one attached hydrogen (secondary N) is 1. The molecular weight excluding hydrogens is 446 g/mol. The number of hydrogen-bond donors (Lipinski definition) is 3. The van der Waals surface area contributed by atoms with Crippen LogP contribution in [-0.4, -0.2) is 35.4 Å². The van der Waals surface area contributed by atoms with Crippen LogP contribution in [-0.2, 0) is 4.79 Å². The minimum absolute atomic E-state index is 0.146. The summed E-state index contributed by atoms with van der Waals surface area (Å²) in [6, 6.07) is 0.200. The molecule has 0 aromatic heterocycles. The molecule has 0 bridgehead atoms. The zero-order chi connectivity index (χ0) is 26.1. The summed E-state index contributed by atoms with van der Waals surface area (Å²) in [4.78, 5) is 13.4. The van der Waals surface area contributed by atoms with Gasteiger partial charge in [0, 0.05) is 6.04 Å². The zero-order valence-corrected chi connectivity index (χ0v) is 24.1. The number of amides is 1. The molecule has 10 atom stereocenters. The predicted octanol–water partition coefficient (Wildman–Crippen LogP) is 6.19. The van der Waals surface area contributed by atoms with Crippen molar-refractivity contribution < 1.29 is 15.0 Å². The Morgan fingerprint density at radius 2 is 1.72 bits per heavy atom. The smallest absolute Gasteiger partial charge is 0.230 e. The van der Waals surface area contributed by atoms with Gasteiger partial charge in [0.25, 0.3) is 0 Å². The van der Waals surface area contributed by atoms with Crippen LogP contribution >= 0.6 is 0 Å². The van der Waals surface area contributed by atoms with Gasteiger partial charge in [0.1, 0.15) is 0 Å². The SMILES string of the molecule is CC(C)CCC[C@@H](C)[C@H]1CCC2C3C[C@H](NC(=O)C(C)(CO)CO)C45CC4CC[C@]5(C)C3CC[C@@]21C. The van der Waals surface area contributed by atoms with Gasteiger partial charge in [0.05, 0.1) is 18.6 Å².